The molecule has 0 spiro atoms. The molecule has 4 rings (SSSR count). The fraction of sp³-hybridized carbons (Fsp3) is 0.105. The SMILES string of the molecule is Cc1c(-c2nc3ccc(C(=O)O)cc3[nH]2)c2ccccc2n1CC(=O)O. The summed E-state index contributed by atoms with van der Waals surface area (Å²) >= 11 is 0. The van der Waals surface area contributed by atoms with Crippen molar-refractivity contribution in [2.45, 2.75) is 13.5 Å². The molecule has 0 unspecified atom stereocenters. The summed E-state index contributed by atoms with van der Waals surface area (Å²) < 4.78 is 1.74. The summed E-state index contributed by atoms with van der Waals surface area (Å²) in [5, 5.41) is 19.3. The fourth-order valence-electron chi connectivity index (χ4n) is 3.33. The molecule has 7 nitrogen and oxygen atoms in total. The lowest BCUT2D eigenvalue weighted by Crippen LogP contribution is -2.09. The number of para-hydroxylation sites is 1. The number of rotatable bonds is 4. The third-order valence-corrected chi connectivity index (χ3v) is 4.49. The summed E-state index contributed by atoms with van der Waals surface area (Å²) in [7, 11) is 0. The van der Waals surface area contributed by atoms with Crippen LogP contribution in [-0.2, 0) is 11.3 Å². The summed E-state index contributed by atoms with van der Waals surface area (Å²) in [5.41, 5.74) is 3.86. The number of carboxylic acids is 2. The minimum Gasteiger partial charge on any atom is -0.480 e. The number of benzene rings is 2. The lowest BCUT2D eigenvalue weighted by atomic mass is 10.1. The first-order valence-corrected chi connectivity index (χ1v) is 7.99. The van der Waals surface area contributed by atoms with Crippen LogP contribution in [-0.4, -0.2) is 36.7 Å². The predicted octanol–water partition coefficient (Wildman–Crippen LogP) is 3.28. The van der Waals surface area contributed by atoms with Crippen molar-refractivity contribution in [2.75, 3.05) is 0 Å². The second-order valence-corrected chi connectivity index (χ2v) is 6.08. The first kappa shape index (κ1) is 15.9. The molecule has 26 heavy (non-hydrogen) atoms. The monoisotopic (exact) mass is 349 g/mol. The third-order valence-electron chi connectivity index (χ3n) is 4.49. The Morgan fingerprint density at radius 2 is 1.92 bits per heavy atom. The van der Waals surface area contributed by atoms with E-state index in [9.17, 15) is 14.7 Å². The molecular weight excluding hydrogens is 334 g/mol. The van der Waals surface area contributed by atoms with E-state index in [1.54, 1.807) is 16.7 Å². The molecular formula is C19H15N3O4. The molecule has 0 saturated heterocycles. The lowest BCUT2D eigenvalue weighted by Gasteiger charge is -2.04. The van der Waals surface area contributed by atoms with Crippen molar-refractivity contribution in [2.24, 2.45) is 0 Å². The van der Waals surface area contributed by atoms with Crippen molar-refractivity contribution in [1.82, 2.24) is 14.5 Å². The Morgan fingerprint density at radius 1 is 1.15 bits per heavy atom. The predicted molar refractivity (Wildman–Crippen MR) is 96.4 cm³/mol. The van der Waals surface area contributed by atoms with Crippen LogP contribution in [0.4, 0.5) is 0 Å². The van der Waals surface area contributed by atoms with Gasteiger partial charge in [0.2, 0.25) is 0 Å². The molecule has 130 valence electrons. The number of aliphatic carboxylic acids is 1. The topological polar surface area (TPSA) is 108 Å². The van der Waals surface area contributed by atoms with Crippen molar-refractivity contribution in [1.29, 1.82) is 0 Å². The maximum absolute atomic E-state index is 11.3. The molecule has 3 N–H and O–H groups in total. The first-order chi connectivity index (χ1) is 12.5. The van der Waals surface area contributed by atoms with Gasteiger partial charge in [0.15, 0.2) is 0 Å². The number of hydrogen-bond acceptors (Lipinski definition) is 3. The van der Waals surface area contributed by atoms with Crippen molar-refractivity contribution >= 4 is 33.9 Å². The number of aromatic amines is 1. The first-order valence-electron chi connectivity index (χ1n) is 7.99. The van der Waals surface area contributed by atoms with E-state index >= 15 is 0 Å². The van der Waals surface area contributed by atoms with Gasteiger partial charge >= 0.3 is 11.9 Å². The zero-order chi connectivity index (χ0) is 18.4. The Kier molecular flexibility index (Phi) is 3.50. The van der Waals surface area contributed by atoms with Crippen LogP contribution < -0.4 is 0 Å². The number of imidazole rings is 1. The number of aromatic nitrogens is 3. The van der Waals surface area contributed by atoms with E-state index in [1.807, 2.05) is 31.2 Å². The molecule has 0 fully saturated rings. The van der Waals surface area contributed by atoms with Crippen molar-refractivity contribution in [3.8, 4) is 11.4 Å². The van der Waals surface area contributed by atoms with Gasteiger partial charge in [-0.2, -0.15) is 0 Å². The van der Waals surface area contributed by atoms with Crippen LogP contribution in [0.2, 0.25) is 0 Å². The van der Waals surface area contributed by atoms with E-state index in [1.165, 1.54) is 6.07 Å². The molecule has 0 radical (unpaired) electrons. The Balaban J connectivity index is 1.97. The summed E-state index contributed by atoms with van der Waals surface area (Å²) in [6, 6.07) is 12.3. The minimum absolute atomic E-state index is 0.143. The van der Waals surface area contributed by atoms with Crippen molar-refractivity contribution < 1.29 is 19.8 Å². The van der Waals surface area contributed by atoms with Gasteiger partial charge in [0.05, 0.1) is 16.6 Å². The smallest absolute Gasteiger partial charge is 0.335 e. The number of H-pyrrole nitrogens is 1. The van der Waals surface area contributed by atoms with Gasteiger partial charge in [-0.1, -0.05) is 18.2 Å². The minimum atomic E-state index is -1.00. The largest absolute Gasteiger partial charge is 0.480 e. The van der Waals surface area contributed by atoms with Gasteiger partial charge in [-0.3, -0.25) is 4.79 Å². The molecule has 0 aliphatic rings. The van der Waals surface area contributed by atoms with Crippen LogP contribution in [0.25, 0.3) is 33.3 Å². The van der Waals surface area contributed by atoms with Gasteiger partial charge in [-0.15, -0.1) is 0 Å². The molecule has 0 saturated carbocycles. The zero-order valence-corrected chi connectivity index (χ0v) is 13.9. The number of hydrogen-bond donors (Lipinski definition) is 3. The number of carbonyl (C=O) groups is 2. The van der Waals surface area contributed by atoms with E-state index in [0.29, 0.717) is 16.9 Å². The maximum Gasteiger partial charge on any atom is 0.335 e. The number of nitrogens with one attached hydrogen (secondary N) is 1. The third kappa shape index (κ3) is 2.41. The van der Waals surface area contributed by atoms with Crippen LogP contribution in [0.3, 0.4) is 0 Å². The van der Waals surface area contributed by atoms with Crippen molar-refractivity contribution in [3.63, 3.8) is 0 Å². The van der Waals surface area contributed by atoms with Gasteiger partial charge in [0.1, 0.15) is 12.4 Å². The normalized spacial score (nSPS) is 11.3. The highest BCUT2D eigenvalue weighted by atomic mass is 16.4. The van der Waals surface area contributed by atoms with E-state index in [2.05, 4.69) is 9.97 Å². The number of nitrogens with zero attached hydrogens (tertiary/aromatic N) is 2. The van der Waals surface area contributed by atoms with E-state index in [-0.39, 0.29) is 12.1 Å². The van der Waals surface area contributed by atoms with Gasteiger partial charge < -0.3 is 19.8 Å². The second kappa shape index (κ2) is 5.73. The Bertz CT molecular complexity index is 1190. The number of fused-ring (bicyclic) bond motifs is 2. The highest BCUT2D eigenvalue weighted by molar-refractivity contribution is 5.99. The average molecular weight is 349 g/mol. The van der Waals surface area contributed by atoms with Gasteiger partial charge in [0, 0.05) is 22.2 Å². The number of carboxylic acid groups (broad SMARTS) is 2. The summed E-state index contributed by atoms with van der Waals surface area (Å²) in [6.45, 7) is 1.71. The number of aromatic carboxylic acids is 1. The summed E-state index contributed by atoms with van der Waals surface area (Å²) in [6.07, 6.45) is 0. The zero-order valence-electron chi connectivity index (χ0n) is 13.9. The molecule has 0 amide bonds. The second-order valence-electron chi connectivity index (χ2n) is 6.08. The summed E-state index contributed by atoms with van der Waals surface area (Å²) in [5.74, 6) is -1.34. The highest BCUT2D eigenvalue weighted by Gasteiger charge is 2.19. The average Bonchev–Trinajstić information content (AvgIpc) is 3.13. The molecule has 4 aromatic rings. The van der Waals surface area contributed by atoms with Crippen molar-refractivity contribution in [3.05, 3.63) is 53.7 Å². The molecule has 0 bridgehead atoms. The fourth-order valence-corrected chi connectivity index (χ4v) is 3.33. The molecule has 0 atom stereocenters. The van der Waals surface area contributed by atoms with Gasteiger partial charge in [-0.25, -0.2) is 9.78 Å². The van der Waals surface area contributed by atoms with E-state index in [0.717, 1.165) is 22.2 Å². The molecule has 7 heteroatoms. The molecule has 0 aliphatic heterocycles. The molecule has 2 heterocycles. The summed E-state index contributed by atoms with van der Waals surface area (Å²) in [4.78, 5) is 30.2. The highest BCUT2D eigenvalue weighted by Crippen LogP contribution is 2.34. The Labute approximate surface area is 147 Å². The van der Waals surface area contributed by atoms with Gasteiger partial charge in [0.25, 0.3) is 0 Å². The van der Waals surface area contributed by atoms with Crippen LogP contribution in [0.15, 0.2) is 42.5 Å². The van der Waals surface area contributed by atoms with Crippen LogP contribution in [0.5, 0.6) is 0 Å². The lowest BCUT2D eigenvalue weighted by molar-refractivity contribution is -0.137. The molecule has 2 aromatic carbocycles. The van der Waals surface area contributed by atoms with Crippen LogP contribution in [0, 0.1) is 6.92 Å². The van der Waals surface area contributed by atoms with Crippen LogP contribution in [0.1, 0.15) is 16.1 Å². The Morgan fingerprint density at radius 3 is 2.65 bits per heavy atom. The quantitative estimate of drug-likeness (QED) is 0.524. The van der Waals surface area contributed by atoms with Gasteiger partial charge in [-0.05, 0) is 31.2 Å². The van der Waals surface area contributed by atoms with E-state index in [4.69, 9.17) is 5.11 Å². The standard InChI is InChI=1S/C19H15N3O4/c1-10-17(12-4-2-3-5-15(12)22(10)9-16(23)24)18-20-13-7-6-11(19(25)26)8-14(13)21-18/h2-8H,9H2,1H3,(H,20,21)(H,23,24)(H,25,26). The van der Waals surface area contributed by atoms with Crippen LogP contribution >= 0.6 is 0 Å². The van der Waals surface area contributed by atoms with E-state index < -0.39 is 11.9 Å². The maximum atomic E-state index is 11.3. The molecule has 2 aromatic heterocycles. The Hall–Kier alpha value is -3.61. The molecule has 0 aliphatic carbocycles.